The zero-order valence-electron chi connectivity index (χ0n) is 12.9. The van der Waals surface area contributed by atoms with Crippen LogP contribution in [-0.2, 0) is 14.3 Å². The van der Waals surface area contributed by atoms with Crippen molar-refractivity contribution in [2.24, 2.45) is 0 Å². The molecule has 2 rings (SSSR count). The predicted molar refractivity (Wildman–Crippen MR) is 91.2 cm³/mol. The minimum atomic E-state index is -0.770. The highest BCUT2D eigenvalue weighted by Gasteiger charge is 2.07. The van der Waals surface area contributed by atoms with Crippen LogP contribution >= 0.6 is 11.6 Å². The molecule has 0 aromatic heterocycles. The standard InChI is InChI=1S/C18H15ClFNO3/c1-12-5-7-13(8-6-12)21-17(22)11-24-18(23)10-9-14-15(19)3-2-4-16(14)20/h2-10H,11H2,1H3,(H,21,22). The molecule has 124 valence electrons. The minimum Gasteiger partial charge on any atom is -0.452 e. The highest BCUT2D eigenvalue weighted by Crippen LogP contribution is 2.20. The van der Waals surface area contributed by atoms with Crippen LogP contribution < -0.4 is 5.32 Å². The van der Waals surface area contributed by atoms with Gasteiger partial charge < -0.3 is 10.1 Å². The van der Waals surface area contributed by atoms with Gasteiger partial charge in [0.25, 0.3) is 5.91 Å². The summed E-state index contributed by atoms with van der Waals surface area (Å²) in [5.74, 6) is -1.79. The summed E-state index contributed by atoms with van der Waals surface area (Å²) in [4.78, 5) is 23.3. The molecule has 0 spiro atoms. The number of nitrogens with one attached hydrogen (secondary N) is 1. The molecule has 0 fully saturated rings. The van der Waals surface area contributed by atoms with Crippen LogP contribution in [0.1, 0.15) is 11.1 Å². The van der Waals surface area contributed by atoms with Gasteiger partial charge in [0.1, 0.15) is 5.82 Å². The molecule has 0 saturated carbocycles. The Bertz CT molecular complexity index is 752. The van der Waals surface area contributed by atoms with Gasteiger partial charge in [-0.2, -0.15) is 0 Å². The van der Waals surface area contributed by atoms with Crippen molar-refractivity contribution >= 4 is 35.2 Å². The topological polar surface area (TPSA) is 55.4 Å². The number of rotatable bonds is 5. The summed E-state index contributed by atoms with van der Waals surface area (Å²) in [5.41, 5.74) is 1.76. The summed E-state index contributed by atoms with van der Waals surface area (Å²) in [6, 6.07) is 11.4. The van der Waals surface area contributed by atoms with E-state index in [1.165, 1.54) is 24.3 Å². The number of aryl methyl sites for hydroxylation is 1. The average Bonchev–Trinajstić information content (AvgIpc) is 2.54. The molecular weight excluding hydrogens is 333 g/mol. The molecule has 0 radical (unpaired) electrons. The maximum Gasteiger partial charge on any atom is 0.331 e. The van der Waals surface area contributed by atoms with Gasteiger partial charge in [-0.3, -0.25) is 4.79 Å². The zero-order valence-corrected chi connectivity index (χ0v) is 13.6. The third-order valence-corrected chi connectivity index (χ3v) is 3.40. The van der Waals surface area contributed by atoms with E-state index in [0.717, 1.165) is 11.6 Å². The Kier molecular flexibility index (Phi) is 6.09. The number of hydrogen-bond acceptors (Lipinski definition) is 3. The fourth-order valence-corrected chi connectivity index (χ4v) is 2.07. The van der Waals surface area contributed by atoms with Crippen LogP contribution in [0.5, 0.6) is 0 Å². The molecular formula is C18H15ClFNO3. The first-order valence-corrected chi connectivity index (χ1v) is 7.49. The Hall–Kier alpha value is -2.66. The van der Waals surface area contributed by atoms with E-state index in [2.05, 4.69) is 5.32 Å². The molecule has 0 bridgehead atoms. The number of benzene rings is 2. The first-order valence-electron chi connectivity index (χ1n) is 7.11. The number of halogens is 2. The van der Waals surface area contributed by atoms with Gasteiger partial charge in [0.2, 0.25) is 0 Å². The van der Waals surface area contributed by atoms with Gasteiger partial charge in [-0.25, -0.2) is 9.18 Å². The lowest BCUT2D eigenvalue weighted by atomic mass is 10.2. The molecule has 2 aromatic rings. The first kappa shape index (κ1) is 17.7. The molecule has 0 atom stereocenters. The van der Waals surface area contributed by atoms with Crippen molar-refractivity contribution in [1.29, 1.82) is 0 Å². The van der Waals surface area contributed by atoms with E-state index in [-0.39, 0.29) is 10.6 Å². The molecule has 2 aromatic carbocycles. The molecule has 4 nitrogen and oxygen atoms in total. The van der Waals surface area contributed by atoms with E-state index in [0.29, 0.717) is 5.69 Å². The largest absolute Gasteiger partial charge is 0.452 e. The number of carbonyl (C=O) groups excluding carboxylic acids is 2. The van der Waals surface area contributed by atoms with Crippen molar-refractivity contribution in [2.45, 2.75) is 6.92 Å². The molecule has 0 heterocycles. The smallest absolute Gasteiger partial charge is 0.331 e. The van der Waals surface area contributed by atoms with E-state index >= 15 is 0 Å². The van der Waals surface area contributed by atoms with Crippen LogP contribution in [0, 0.1) is 12.7 Å². The number of hydrogen-bond donors (Lipinski definition) is 1. The first-order chi connectivity index (χ1) is 11.5. The lowest BCUT2D eigenvalue weighted by molar-refractivity contribution is -0.142. The highest BCUT2D eigenvalue weighted by molar-refractivity contribution is 6.32. The van der Waals surface area contributed by atoms with Crippen LogP contribution in [0.3, 0.4) is 0 Å². The van der Waals surface area contributed by atoms with Crippen molar-refractivity contribution in [3.8, 4) is 0 Å². The third kappa shape index (κ3) is 5.21. The summed E-state index contributed by atoms with van der Waals surface area (Å²) < 4.78 is 18.3. The van der Waals surface area contributed by atoms with Gasteiger partial charge in [0.15, 0.2) is 6.61 Å². The molecule has 0 saturated heterocycles. The average molecular weight is 348 g/mol. The molecule has 0 unspecified atom stereocenters. The van der Waals surface area contributed by atoms with Gasteiger partial charge in [-0.1, -0.05) is 35.4 Å². The van der Waals surface area contributed by atoms with Gasteiger partial charge in [-0.15, -0.1) is 0 Å². The minimum absolute atomic E-state index is 0.0835. The van der Waals surface area contributed by atoms with Crippen LogP contribution in [0.15, 0.2) is 48.5 Å². The summed E-state index contributed by atoms with van der Waals surface area (Å²) >= 11 is 5.83. The van der Waals surface area contributed by atoms with E-state index in [4.69, 9.17) is 16.3 Å². The summed E-state index contributed by atoms with van der Waals surface area (Å²) in [5, 5.41) is 2.77. The third-order valence-electron chi connectivity index (χ3n) is 3.07. The summed E-state index contributed by atoms with van der Waals surface area (Å²) in [6.45, 7) is 1.49. The molecule has 6 heteroatoms. The van der Waals surface area contributed by atoms with Crippen LogP contribution in [0.25, 0.3) is 6.08 Å². The Morgan fingerprint density at radius 1 is 1.21 bits per heavy atom. The van der Waals surface area contributed by atoms with E-state index in [1.807, 2.05) is 19.1 Å². The molecule has 0 aliphatic rings. The van der Waals surface area contributed by atoms with Crippen molar-refractivity contribution in [2.75, 3.05) is 11.9 Å². The van der Waals surface area contributed by atoms with Crippen molar-refractivity contribution < 1.29 is 18.7 Å². The second-order valence-corrected chi connectivity index (χ2v) is 5.40. The van der Waals surface area contributed by atoms with Crippen LogP contribution in [0.4, 0.5) is 10.1 Å². The lowest BCUT2D eigenvalue weighted by Gasteiger charge is -2.05. The second kappa shape index (κ2) is 8.26. The fourth-order valence-electron chi connectivity index (χ4n) is 1.84. The SMILES string of the molecule is Cc1ccc(NC(=O)COC(=O)C=Cc2c(F)cccc2Cl)cc1. The number of esters is 1. The van der Waals surface area contributed by atoms with Gasteiger partial charge in [0.05, 0.1) is 5.02 Å². The van der Waals surface area contributed by atoms with Gasteiger partial charge >= 0.3 is 5.97 Å². The Morgan fingerprint density at radius 3 is 2.58 bits per heavy atom. The van der Waals surface area contributed by atoms with E-state index < -0.39 is 24.3 Å². The summed E-state index contributed by atoms with van der Waals surface area (Å²) in [7, 11) is 0. The van der Waals surface area contributed by atoms with E-state index in [9.17, 15) is 14.0 Å². The predicted octanol–water partition coefficient (Wildman–Crippen LogP) is 3.98. The Labute approximate surface area is 143 Å². The van der Waals surface area contributed by atoms with Crippen molar-refractivity contribution in [1.82, 2.24) is 0 Å². The zero-order chi connectivity index (χ0) is 17.5. The normalized spacial score (nSPS) is 10.6. The Balaban J connectivity index is 1.85. The van der Waals surface area contributed by atoms with Crippen LogP contribution in [-0.4, -0.2) is 18.5 Å². The highest BCUT2D eigenvalue weighted by atomic mass is 35.5. The second-order valence-electron chi connectivity index (χ2n) is 4.99. The molecule has 0 aliphatic heterocycles. The number of ether oxygens (including phenoxy) is 1. The number of anilines is 1. The summed E-state index contributed by atoms with van der Waals surface area (Å²) in [6.07, 6.45) is 2.22. The lowest BCUT2D eigenvalue weighted by Crippen LogP contribution is -2.20. The monoisotopic (exact) mass is 347 g/mol. The molecule has 24 heavy (non-hydrogen) atoms. The number of carbonyl (C=O) groups is 2. The molecule has 0 aliphatic carbocycles. The van der Waals surface area contributed by atoms with Crippen LogP contribution in [0.2, 0.25) is 5.02 Å². The van der Waals surface area contributed by atoms with Crippen molar-refractivity contribution in [3.05, 3.63) is 70.5 Å². The van der Waals surface area contributed by atoms with E-state index in [1.54, 1.807) is 12.1 Å². The fraction of sp³-hybridized carbons (Fsp3) is 0.111. The molecule has 1 amide bonds. The van der Waals surface area contributed by atoms with Gasteiger partial charge in [-0.05, 0) is 37.3 Å². The Morgan fingerprint density at radius 2 is 1.92 bits per heavy atom. The van der Waals surface area contributed by atoms with Crippen molar-refractivity contribution in [3.63, 3.8) is 0 Å². The number of amides is 1. The maximum atomic E-state index is 13.5. The maximum absolute atomic E-state index is 13.5. The quantitative estimate of drug-likeness (QED) is 0.657. The van der Waals surface area contributed by atoms with Gasteiger partial charge in [0, 0.05) is 17.3 Å². The molecule has 1 N–H and O–H groups in total.